The maximum atomic E-state index is 11.9. The first-order valence-electron chi connectivity index (χ1n) is 13.0. The predicted molar refractivity (Wildman–Crippen MR) is 134 cm³/mol. The van der Waals surface area contributed by atoms with Gasteiger partial charge in [-0.3, -0.25) is 19.2 Å². The Labute approximate surface area is 214 Å². The van der Waals surface area contributed by atoms with Crippen molar-refractivity contribution >= 4 is 23.1 Å². The number of unbranched alkanes of at least 4 members (excludes halogenated alkanes) is 4. The van der Waals surface area contributed by atoms with Crippen molar-refractivity contribution in [3.05, 3.63) is 0 Å². The summed E-state index contributed by atoms with van der Waals surface area (Å²) >= 11 is 0. The summed E-state index contributed by atoms with van der Waals surface area (Å²) in [4.78, 5) is 46.6. The van der Waals surface area contributed by atoms with Gasteiger partial charge in [0, 0.05) is 25.7 Å². The first kappa shape index (κ1) is 36.6. The number of hydrogen-bond acceptors (Lipinski definition) is 10. The molecular weight excluding hydrogens is 472 g/mol. The number of rotatable bonds is 20. The van der Waals surface area contributed by atoms with E-state index in [2.05, 4.69) is 0 Å². The highest BCUT2D eigenvalue weighted by atomic mass is 16.4. The average molecular weight is 521 g/mol. The summed E-state index contributed by atoms with van der Waals surface area (Å²) < 4.78 is 0. The molecule has 0 heterocycles. The molecule has 10 nitrogen and oxygen atoms in total. The lowest BCUT2D eigenvalue weighted by Crippen LogP contribution is -2.55. The maximum Gasteiger partial charge on any atom is 0.178 e. The van der Waals surface area contributed by atoms with Crippen molar-refractivity contribution in [3.8, 4) is 0 Å². The molecule has 0 saturated carbocycles. The minimum Gasteiger partial charge on any atom is -0.393 e. The molecule has 36 heavy (non-hydrogen) atoms. The Bertz CT molecular complexity index is 665. The summed E-state index contributed by atoms with van der Waals surface area (Å²) in [7, 11) is 0. The highest BCUT2D eigenvalue weighted by Gasteiger charge is 2.46. The molecule has 0 fully saturated rings. The molecule has 0 saturated heterocycles. The molecule has 0 aromatic carbocycles. The lowest BCUT2D eigenvalue weighted by atomic mass is 9.86. The van der Waals surface area contributed by atoms with E-state index in [9.17, 15) is 44.7 Å². The second-order valence-electron chi connectivity index (χ2n) is 9.16. The van der Waals surface area contributed by atoms with Crippen LogP contribution < -0.4 is 0 Å². The molecule has 0 aliphatic carbocycles. The Morgan fingerprint density at radius 3 is 1.28 bits per heavy atom. The van der Waals surface area contributed by atoms with Gasteiger partial charge in [-0.25, -0.2) is 0 Å². The number of carbonyl (C=O) groups excluding carboxylic acids is 4. The number of ketones is 4. The molecule has 0 rings (SSSR count). The van der Waals surface area contributed by atoms with Crippen molar-refractivity contribution in [3.63, 3.8) is 0 Å². The third-order valence-corrected chi connectivity index (χ3v) is 5.97. The van der Waals surface area contributed by atoms with Crippen molar-refractivity contribution in [1.29, 1.82) is 0 Å². The van der Waals surface area contributed by atoms with Gasteiger partial charge in [-0.2, -0.15) is 0 Å². The summed E-state index contributed by atoms with van der Waals surface area (Å²) in [5.74, 6) is -2.57. The van der Waals surface area contributed by atoms with Gasteiger partial charge >= 0.3 is 0 Å². The molecule has 6 N–H and O–H groups in total. The second kappa shape index (κ2) is 19.5. The van der Waals surface area contributed by atoms with Gasteiger partial charge in [-0.05, 0) is 25.7 Å². The zero-order valence-electron chi connectivity index (χ0n) is 22.4. The van der Waals surface area contributed by atoms with Crippen LogP contribution in [0, 0.1) is 0 Å². The van der Waals surface area contributed by atoms with Crippen LogP contribution in [-0.4, -0.2) is 90.4 Å². The van der Waals surface area contributed by atoms with Crippen LogP contribution in [0.25, 0.3) is 0 Å². The van der Waals surface area contributed by atoms with Gasteiger partial charge in [-0.15, -0.1) is 0 Å². The molecular formula is C26H48O10. The number of carbonyl (C=O) groups is 4. The molecule has 0 aromatic rings. The van der Waals surface area contributed by atoms with E-state index in [1.807, 2.05) is 13.8 Å². The van der Waals surface area contributed by atoms with Crippen LogP contribution in [0.4, 0.5) is 0 Å². The van der Waals surface area contributed by atoms with Crippen molar-refractivity contribution in [1.82, 2.24) is 0 Å². The molecule has 4 unspecified atom stereocenters. The third kappa shape index (κ3) is 11.7. The fourth-order valence-corrected chi connectivity index (χ4v) is 3.45. The fraction of sp³-hybridized carbons (Fsp3) is 0.846. The topological polar surface area (TPSA) is 190 Å². The van der Waals surface area contributed by atoms with E-state index in [0.717, 1.165) is 25.7 Å². The van der Waals surface area contributed by atoms with Crippen LogP contribution in [0.1, 0.15) is 105 Å². The predicted octanol–water partition coefficient (Wildman–Crippen LogP) is 1.18. The molecule has 212 valence electrons. The van der Waals surface area contributed by atoms with E-state index in [-0.39, 0.29) is 25.7 Å². The summed E-state index contributed by atoms with van der Waals surface area (Å²) in [6, 6.07) is 0. The minimum atomic E-state index is -2.35. The maximum absolute atomic E-state index is 11.9. The Balaban J connectivity index is 0. The van der Waals surface area contributed by atoms with Gasteiger partial charge in [0.05, 0.1) is 13.2 Å². The van der Waals surface area contributed by atoms with E-state index < -0.39 is 59.8 Å². The van der Waals surface area contributed by atoms with E-state index in [1.54, 1.807) is 13.8 Å². The van der Waals surface area contributed by atoms with E-state index in [4.69, 9.17) is 5.11 Å². The molecule has 10 heteroatoms. The van der Waals surface area contributed by atoms with Gasteiger partial charge in [0.25, 0.3) is 0 Å². The SMILES string of the molecule is CCCC(=O)C(O)C(O)(CO)C(=O)CCC.CCCCCC(=O)C(O)C(O)(CO)C(=O)CCCCC. The Morgan fingerprint density at radius 1 is 0.556 bits per heavy atom. The van der Waals surface area contributed by atoms with Crippen LogP contribution in [-0.2, 0) is 19.2 Å². The molecule has 0 aliphatic heterocycles. The van der Waals surface area contributed by atoms with Crippen molar-refractivity contribution in [2.45, 2.75) is 128 Å². The lowest BCUT2D eigenvalue weighted by Gasteiger charge is -2.28. The number of aliphatic hydroxyl groups excluding tert-OH is 4. The third-order valence-electron chi connectivity index (χ3n) is 5.97. The van der Waals surface area contributed by atoms with Gasteiger partial charge in [0.15, 0.2) is 46.5 Å². The van der Waals surface area contributed by atoms with Crippen molar-refractivity contribution in [2.75, 3.05) is 13.2 Å². The quantitative estimate of drug-likeness (QED) is 0.127. The van der Waals surface area contributed by atoms with Gasteiger partial charge < -0.3 is 30.6 Å². The van der Waals surface area contributed by atoms with E-state index in [1.165, 1.54) is 0 Å². The first-order chi connectivity index (χ1) is 16.9. The molecule has 0 spiro atoms. The summed E-state index contributed by atoms with van der Waals surface area (Å²) in [6.45, 7) is 5.57. The zero-order valence-corrected chi connectivity index (χ0v) is 22.4. The van der Waals surface area contributed by atoms with Crippen molar-refractivity contribution < 1.29 is 49.8 Å². The molecule has 0 amide bonds. The largest absolute Gasteiger partial charge is 0.393 e. The van der Waals surface area contributed by atoms with Gasteiger partial charge in [0.1, 0.15) is 0 Å². The number of hydrogen-bond donors (Lipinski definition) is 6. The smallest absolute Gasteiger partial charge is 0.178 e. The first-order valence-corrected chi connectivity index (χ1v) is 13.0. The summed E-state index contributed by atoms with van der Waals surface area (Å²) in [5, 5.41) is 57.6. The van der Waals surface area contributed by atoms with Crippen LogP contribution in [0.15, 0.2) is 0 Å². The Hall–Kier alpha value is -1.56. The lowest BCUT2D eigenvalue weighted by molar-refractivity contribution is -0.165. The summed E-state index contributed by atoms with van der Waals surface area (Å²) in [5.41, 5.74) is -4.70. The van der Waals surface area contributed by atoms with Gasteiger partial charge in [-0.1, -0.05) is 53.4 Å². The van der Waals surface area contributed by atoms with Crippen LogP contribution in [0.2, 0.25) is 0 Å². The zero-order chi connectivity index (χ0) is 28.4. The van der Waals surface area contributed by atoms with E-state index in [0.29, 0.717) is 25.7 Å². The molecule has 0 aromatic heterocycles. The van der Waals surface area contributed by atoms with Gasteiger partial charge in [0.2, 0.25) is 0 Å². The van der Waals surface area contributed by atoms with Crippen LogP contribution >= 0.6 is 0 Å². The number of aliphatic hydroxyl groups is 6. The highest BCUT2D eigenvalue weighted by Crippen LogP contribution is 2.19. The molecule has 4 atom stereocenters. The van der Waals surface area contributed by atoms with E-state index >= 15 is 0 Å². The molecule has 0 bridgehead atoms. The van der Waals surface area contributed by atoms with Crippen molar-refractivity contribution in [2.24, 2.45) is 0 Å². The molecule has 0 aliphatic rings. The minimum absolute atomic E-state index is 0.0214. The second-order valence-corrected chi connectivity index (χ2v) is 9.16. The fourth-order valence-electron chi connectivity index (χ4n) is 3.45. The summed E-state index contributed by atoms with van der Waals surface area (Å²) in [6.07, 6.45) is 2.30. The highest BCUT2D eigenvalue weighted by molar-refractivity contribution is 5.96. The average Bonchev–Trinajstić information content (AvgIpc) is 2.87. The monoisotopic (exact) mass is 520 g/mol. The molecule has 0 radical (unpaired) electrons. The van der Waals surface area contributed by atoms with Crippen LogP contribution in [0.5, 0.6) is 0 Å². The number of Topliss-reactive ketones (excluding diaryl/α,β-unsaturated/α-hetero) is 4. The Morgan fingerprint density at radius 2 is 0.917 bits per heavy atom. The van der Waals surface area contributed by atoms with Crippen LogP contribution in [0.3, 0.4) is 0 Å². The normalized spacial score (nSPS) is 16.1. The standard InChI is InChI=1S/C15H28O5.C11H20O5/c1-3-5-7-9-12(17)14(19)15(20,11-16)13(18)10-8-6-4-2;1-3-5-8(13)10(15)11(16,7-12)9(14)6-4-2/h14,16,19-20H,3-11H2,1-2H3;10,12,15-16H,3-7H2,1-2H3. The Kier molecular flexibility index (Phi) is 19.9.